The molecule has 0 aromatic heterocycles. The first-order chi connectivity index (χ1) is 9.08. The molecule has 0 spiro atoms. The van der Waals surface area contributed by atoms with E-state index in [0.717, 1.165) is 31.7 Å². The summed E-state index contributed by atoms with van der Waals surface area (Å²) < 4.78 is 5.35. The Morgan fingerprint density at radius 2 is 2.00 bits per heavy atom. The molecule has 6 heteroatoms. The predicted octanol–water partition coefficient (Wildman–Crippen LogP) is 3.74. The van der Waals surface area contributed by atoms with Crippen molar-refractivity contribution in [3.63, 3.8) is 0 Å². The molecule has 102 valence electrons. The van der Waals surface area contributed by atoms with Gasteiger partial charge in [-0.15, -0.1) is 0 Å². The highest BCUT2D eigenvalue weighted by Crippen LogP contribution is 2.26. The summed E-state index contributed by atoms with van der Waals surface area (Å²) in [6.45, 7) is 0. The van der Waals surface area contributed by atoms with Gasteiger partial charge in [0.1, 0.15) is 11.1 Å². The highest BCUT2D eigenvalue weighted by atomic mass is 35.5. The lowest BCUT2D eigenvalue weighted by molar-refractivity contribution is -0.384. The van der Waals surface area contributed by atoms with E-state index in [0.29, 0.717) is 0 Å². The maximum atomic E-state index is 11.9. The van der Waals surface area contributed by atoms with Crippen LogP contribution in [0.15, 0.2) is 18.2 Å². The number of ether oxygens (including phenoxy) is 1. The molecule has 0 radical (unpaired) electrons. The molecule has 0 saturated heterocycles. The molecule has 2 rings (SSSR count). The Labute approximate surface area is 115 Å². The number of halogens is 1. The van der Waals surface area contributed by atoms with E-state index in [1.54, 1.807) is 0 Å². The molecule has 1 aliphatic carbocycles. The second-order valence-corrected chi connectivity index (χ2v) is 5.00. The highest BCUT2D eigenvalue weighted by Gasteiger charge is 2.21. The van der Waals surface area contributed by atoms with Crippen molar-refractivity contribution < 1.29 is 14.5 Å². The maximum Gasteiger partial charge on any atom is 0.338 e. The van der Waals surface area contributed by atoms with E-state index in [-0.39, 0.29) is 22.4 Å². The van der Waals surface area contributed by atoms with Crippen LogP contribution in [0.2, 0.25) is 5.02 Å². The summed E-state index contributed by atoms with van der Waals surface area (Å²) in [6, 6.07) is 3.95. The first-order valence-electron chi connectivity index (χ1n) is 6.23. The minimum atomic E-state index is -0.611. The van der Waals surface area contributed by atoms with E-state index in [1.807, 2.05) is 0 Å². The van der Waals surface area contributed by atoms with Gasteiger partial charge in [0.15, 0.2) is 0 Å². The van der Waals surface area contributed by atoms with Crippen LogP contribution in [0, 0.1) is 10.1 Å². The molecule has 1 aromatic rings. The van der Waals surface area contributed by atoms with Crippen LogP contribution in [0.5, 0.6) is 0 Å². The summed E-state index contributed by atoms with van der Waals surface area (Å²) in [5.74, 6) is -0.522. The average Bonchev–Trinajstić information content (AvgIpc) is 2.40. The molecule has 0 N–H and O–H groups in total. The van der Waals surface area contributed by atoms with Gasteiger partial charge in [-0.25, -0.2) is 4.79 Å². The third kappa shape index (κ3) is 3.44. The first kappa shape index (κ1) is 13.8. The molecule has 1 saturated carbocycles. The number of nitrogens with zero attached hydrogens (tertiary/aromatic N) is 1. The Morgan fingerprint density at radius 1 is 1.32 bits per heavy atom. The molecule has 1 aromatic carbocycles. The fourth-order valence-electron chi connectivity index (χ4n) is 2.18. The largest absolute Gasteiger partial charge is 0.459 e. The van der Waals surface area contributed by atoms with Gasteiger partial charge in [0.05, 0.1) is 10.5 Å². The number of hydrogen-bond acceptors (Lipinski definition) is 4. The second-order valence-electron chi connectivity index (χ2n) is 4.59. The van der Waals surface area contributed by atoms with Gasteiger partial charge in [0.2, 0.25) is 0 Å². The monoisotopic (exact) mass is 283 g/mol. The topological polar surface area (TPSA) is 69.4 Å². The number of nitro benzene ring substituents is 1. The van der Waals surface area contributed by atoms with Gasteiger partial charge < -0.3 is 4.74 Å². The van der Waals surface area contributed by atoms with Crippen LogP contribution in [0.3, 0.4) is 0 Å². The lowest BCUT2D eigenvalue weighted by Gasteiger charge is -2.21. The van der Waals surface area contributed by atoms with Crippen molar-refractivity contribution in [2.24, 2.45) is 0 Å². The van der Waals surface area contributed by atoms with Gasteiger partial charge in [-0.1, -0.05) is 18.0 Å². The molecule has 1 fully saturated rings. The van der Waals surface area contributed by atoms with Gasteiger partial charge in [-0.2, -0.15) is 0 Å². The van der Waals surface area contributed by atoms with Gasteiger partial charge in [0, 0.05) is 6.07 Å². The Kier molecular flexibility index (Phi) is 4.37. The van der Waals surface area contributed by atoms with Crippen LogP contribution in [0.4, 0.5) is 5.69 Å². The van der Waals surface area contributed by atoms with Crippen LogP contribution in [-0.2, 0) is 4.74 Å². The number of nitro groups is 1. The van der Waals surface area contributed by atoms with Gasteiger partial charge in [-0.05, 0) is 37.8 Å². The molecule has 19 heavy (non-hydrogen) atoms. The van der Waals surface area contributed by atoms with Crippen molar-refractivity contribution in [2.75, 3.05) is 0 Å². The summed E-state index contributed by atoms with van der Waals surface area (Å²) in [4.78, 5) is 22.1. The highest BCUT2D eigenvalue weighted by molar-refractivity contribution is 6.32. The number of carbonyl (C=O) groups is 1. The normalized spacial score (nSPS) is 16.1. The Hall–Kier alpha value is -1.62. The van der Waals surface area contributed by atoms with Crippen molar-refractivity contribution in [2.45, 2.75) is 38.2 Å². The van der Waals surface area contributed by atoms with E-state index in [4.69, 9.17) is 16.3 Å². The van der Waals surface area contributed by atoms with Gasteiger partial charge >= 0.3 is 5.97 Å². The lowest BCUT2D eigenvalue weighted by Crippen LogP contribution is -2.20. The summed E-state index contributed by atoms with van der Waals surface area (Å²) in [5.41, 5.74) is -0.110. The molecule has 1 aliphatic rings. The van der Waals surface area contributed by atoms with E-state index >= 15 is 0 Å². The van der Waals surface area contributed by atoms with Crippen LogP contribution in [0.25, 0.3) is 0 Å². The third-order valence-corrected chi connectivity index (χ3v) is 3.52. The Bertz CT molecular complexity index is 497. The van der Waals surface area contributed by atoms with Crippen LogP contribution in [0.1, 0.15) is 42.5 Å². The number of rotatable bonds is 3. The molecule has 5 nitrogen and oxygen atoms in total. The predicted molar refractivity (Wildman–Crippen MR) is 70.4 cm³/mol. The molecular formula is C13H14ClNO4. The molecule has 0 amide bonds. The fourth-order valence-corrected chi connectivity index (χ4v) is 2.37. The van der Waals surface area contributed by atoms with Crippen molar-refractivity contribution in [3.05, 3.63) is 38.9 Å². The quantitative estimate of drug-likeness (QED) is 0.481. The standard InChI is InChI=1S/C13H14ClNO4/c14-11-7-6-9(8-12(11)15(17)18)13(16)19-10-4-2-1-3-5-10/h6-8,10H,1-5H2. The van der Waals surface area contributed by atoms with Crippen LogP contribution < -0.4 is 0 Å². The fraction of sp³-hybridized carbons (Fsp3) is 0.462. The van der Waals surface area contributed by atoms with E-state index < -0.39 is 10.9 Å². The van der Waals surface area contributed by atoms with Crippen LogP contribution >= 0.6 is 11.6 Å². The van der Waals surface area contributed by atoms with E-state index in [2.05, 4.69) is 0 Å². The van der Waals surface area contributed by atoms with E-state index in [1.165, 1.54) is 18.6 Å². The number of benzene rings is 1. The Balaban J connectivity index is 2.10. The van der Waals surface area contributed by atoms with E-state index in [9.17, 15) is 14.9 Å². The summed E-state index contributed by atoms with van der Waals surface area (Å²) in [6.07, 6.45) is 4.93. The van der Waals surface area contributed by atoms with Gasteiger partial charge in [0.25, 0.3) is 5.69 Å². The zero-order valence-corrected chi connectivity index (χ0v) is 11.1. The zero-order valence-electron chi connectivity index (χ0n) is 10.3. The van der Waals surface area contributed by atoms with Crippen molar-refractivity contribution >= 4 is 23.3 Å². The van der Waals surface area contributed by atoms with Crippen molar-refractivity contribution in [3.8, 4) is 0 Å². The summed E-state index contributed by atoms with van der Waals surface area (Å²) in [5, 5.41) is 10.8. The number of hydrogen-bond donors (Lipinski definition) is 0. The lowest BCUT2D eigenvalue weighted by atomic mass is 9.98. The van der Waals surface area contributed by atoms with Crippen molar-refractivity contribution in [1.82, 2.24) is 0 Å². The molecular weight excluding hydrogens is 270 g/mol. The molecule has 0 heterocycles. The number of carbonyl (C=O) groups excluding carboxylic acids is 1. The third-order valence-electron chi connectivity index (χ3n) is 3.20. The Morgan fingerprint density at radius 3 is 2.63 bits per heavy atom. The molecule has 0 aliphatic heterocycles. The summed E-state index contributed by atoms with van der Waals surface area (Å²) >= 11 is 5.69. The molecule has 0 atom stereocenters. The van der Waals surface area contributed by atoms with Crippen LogP contribution in [-0.4, -0.2) is 17.0 Å². The zero-order chi connectivity index (χ0) is 13.8. The SMILES string of the molecule is O=C(OC1CCCCC1)c1ccc(Cl)c([N+](=O)[O-])c1. The summed E-state index contributed by atoms with van der Waals surface area (Å²) in [7, 11) is 0. The minimum absolute atomic E-state index is 0.0132. The minimum Gasteiger partial charge on any atom is -0.459 e. The van der Waals surface area contributed by atoms with Crippen molar-refractivity contribution in [1.29, 1.82) is 0 Å². The smallest absolute Gasteiger partial charge is 0.338 e. The maximum absolute atomic E-state index is 11.9. The first-order valence-corrected chi connectivity index (χ1v) is 6.60. The molecule has 0 unspecified atom stereocenters. The number of esters is 1. The average molecular weight is 284 g/mol. The van der Waals surface area contributed by atoms with Gasteiger partial charge in [-0.3, -0.25) is 10.1 Å². The molecule has 0 bridgehead atoms. The second kappa shape index (κ2) is 6.02.